The molecule has 5 nitrogen and oxygen atoms in total. The first-order chi connectivity index (χ1) is 13.6. The van der Waals surface area contributed by atoms with Gasteiger partial charge in [-0.25, -0.2) is 4.98 Å². The van der Waals surface area contributed by atoms with Gasteiger partial charge in [-0.15, -0.1) is 0 Å². The zero-order chi connectivity index (χ0) is 19.9. The number of hydrogen-bond donors (Lipinski definition) is 1. The van der Waals surface area contributed by atoms with Crippen LogP contribution in [0.25, 0.3) is 0 Å². The molecule has 1 atom stereocenters. The lowest BCUT2D eigenvalue weighted by atomic mass is 9.97. The number of nitrogens with one attached hydrogen (secondary N) is 1. The summed E-state index contributed by atoms with van der Waals surface area (Å²) < 4.78 is 5.25. The Morgan fingerprint density at radius 2 is 2.07 bits per heavy atom. The molecule has 28 heavy (non-hydrogen) atoms. The molecule has 1 aliphatic heterocycles. The van der Waals surface area contributed by atoms with E-state index in [0.717, 1.165) is 50.0 Å². The van der Waals surface area contributed by atoms with E-state index in [2.05, 4.69) is 59.9 Å². The van der Waals surface area contributed by atoms with Crippen LogP contribution < -0.4 is 4.74 Å². The molecule has 0 bridgehead atoms. The van der Waals surface area contributed by atoms with Crippen LogP contribution in [-0.2, 0) is 19.4 Å². The van der Waals surface area contributed by atoms with Gasteiger partial charge in [-0.05, 0) is 63.4 Å². The quantitative estimate of drug-likeness (QED) is 0.716. The second kappa shape index (κ2) is 10.1. The van der Waals surface area contributed by atoms with Crippen molar-refractivity contribution >= 4 is 0 Å². The molecule has 1 unspecified atom stereocenters. The molecule has 0 saturated carbocycles. The summed E-state index contributed by atoms with van der Waals surface area (Å²) in [5.74, 6) is 2.78. The smallest absolute Gasteiger partial charge is 0.118 e. The van der Waals surface area contributed by atoms with Crippen molar-refractivity contribution in [1.29, 1.82) is 0 Å². The van der Waals surface area contributed by atoms with Crippen LogP contribution in [0.5, 0.6) is 5.75 Å². The minimum absolute atomic E-state index is 0.750. The van der Waals surface area contributed by atoms with Crippen LogP contribution in [0.15, 0.2) is 24.3 Å². The van der Waals surface area contributed by atoms with Crippen LogP contribution in [0.1, 0.15) is 42.5 Å². The maximum Gasteiger partial charge on any atom is 0.118 e. The Balaban J connectivity index is 1.45. The van der Waals surface area contributed by atoms with E-state index in [1.165, 1.54) is 42.9 Å². The molecule has 154 valence electrons. The van der Waals surface area contributed by atoms with Gasteiger partial charge in [0.1, 0.15) is 11.6 Å². The highest BCUT2D eigenvalue weighted by atomic mass is 16.5. The third-order valence-electron chi connectivity index (χ3n) is 5.84. The van der Waals surface area contributed by atoms with Crippen LogP contribution in [-0.4, -0.2) is 60.1 Å². The van der Waals surface area contributed by atoms with Gasteiger partial charge in [0.2, 0.25) is 0 Å². The third kappa shape index (κ3) is 5.82. The summed E-state index contributed by atoms with van der Waals surface area (Å²) in [6, 6.07) is 8.49. The lowest BCUT2D eigenvalue weighted by molar-refractivity contribution is 0.142. The standard InChI is InChI=1S/C23H36N4O/c1-5-23-24-18(2)22(25-23)17-26(3)15-20-7-6-13-27(16-20)14-12-19-8-10-21(28-4)11-9-19/h8-11,20H,5-7,12-17H2,1-4H3,(H,24,25). The van der Waals surface area contributed by atoms with Gasteiger partial charge in [-0.3, -0.25) is 0 Å². The number of nitrogens with zero attached hydrogens (tertiary/aromatic N) is 3. The first-order valence-electron chi connectivity index (χ1n) is 10.7. The summed E-state index contributed by atoms with van der Waals surface area (Å²) in [5.41, 5.74) is 3.81. The Morgan fingerprint density at radius 1 is 1.29 bits per heavy atom. The van der Waals surface area contributed by atoms with E-state index < -0.39 is 0 Å². The fourth-order valence-electron chi connectivity index (χ4n) is 4.23. The van der Waals surface area contributed by atoms with Crippen molar-refractivity contribution in [3.05, 3.63) is 47.0 Å². The van der Waals surface area contributed by atoms with Gasteiger partial charge in [0, 0.05) is 38.3 Å². The maximum atomic E-state index is 5.25. The van der Waals surface area contributed by atoms with Gasteiger partial charge in [-0.1, -0.05) is 19.1 Å². The van der Waals surface area contributed by atoms with Gasteiger partial charge in [-0.2, -0.15) is 0 Å². The number of ether oxygens (including phenoxy) is 1. The number of benzene rings is 1. The van der Waals surface area contributed by atoms with Crippen molar-refractivity contribution in [3.8, 4) is 5.75 Å². The van der Waals surface area contributed by atoms with Gasteiger partial charge in [0.15, 0.2) is 0 Å². The Kier molecular flexibility index (Phi) is 7.51. The summed E-state index contributed by atoms with van der Waals surface area (Å²) in [6.45, 7) is 9.95. The number of aryl methyl sites for hydroxylation is 2. The summed E-state index contributed by atoms with van der Waals surface area (Å²) in [4.78, 5) is 13.2. The molecule has 0 aliphatic carbocycles. The van der Waals surface area contributed by atoms with E-state index in [9.17, 15) is 0 Å². The molecule has 1 saturated heterocycles. The van der Waals surface area contributed by atoms with Crippen LogP contribution in [0.4, 0.5) is 0 Å². The number of imidazole rings is 1. The average Bonchev–Trinajstić information content (AvgIpc) is 3.06. The fourth-order valence-corrected chi connectivity index (χ4v) is 4.23. The Bertz CT molecular complexity index is 725. The lowest BCUT2D eigenvalue weighted by Crippen LogP contribution is -2.40. The predicted octanol–water partition coefficient (Wildman–Crippen LogP) is 3.68. The van der Waals surface area contributed by atoms with Crippen molar-refractivity contribution in [2.75, 3.05) is 40.3 Å². The number of aromatic amines is 1. The van der Waals surface area contributed by atoms with Gasteiger partial charge in [0.25, 0.3) is 0 Å². The van der Waals surface area contributed by atoms with Crippen molar-refractivity contribution in [2.24, 2.45) is 5.92 Å². The number of H-pyrrole nitrogens is 1. The molecular weight excluding hydrogens is 348 g/mol. The Labute approximate surface area is 170 Å². The second-order valence-corrected chi connectivity index (χ2v) is 8.21. The SMILES string of the molecule is CCc1nc(CN(C)CC2CCCN(CCc3ccc(OC)cc3)C2)c(C)[nH]1. The highest BCUT2D eigenvalue weighted by molar-refractivity contribution is 5.27. The van der Waals surface area contributed by atoms with Crippen LogP contribution in [0.2, 0.25) is 0 Å². The summed E-state index contributed by atoms with van der Waals surface area (Å²) in [6.07, 6.45) is 4.72. The van der Waals surface area contributed by atoms with Crippen LogP contribution in [0, 0.1) is 12.8 Å². The van der Waals surface area contributed by atoms with Gasteiger partial charge < -0.3 is 19.5 Å². The van der Waals surface area contributed by atoms with Crippen molar-refractivity contribution in [2.45, 2.75) is 46.1 Å². The second-order valence-electron chi connectivity index (χ2n) is 8.21. The van der Waals surface area contributed by atoms with E-state index in [1.807, 2.05) is 0 Å². The molecule has 0 amide bonds. The zero-order valence-electron chi connectivity index (χ0n) is 18.0. The number of piperidine rings is 1. The minimum Gasteiger partial charge on any atom is -0.497 e. The number of likely N-dealkylation sites (tertiary alicyclic amines) is 1. The van der Waals surface area contributed by atoms with Gasteiger partial charge >= 0.3 is 0 Å². The van der Waals surface area contributed by atoms with E-state index in [-0.39, 0.29) is 0 Å². The van der Waals surface area contributed by atoms with Crippen molar-refractivity contribution in [3.63, 3.8) is 0 Å². The fraction of sp³-hybridized carbons (Fsp3) is 0.609. The van der Waals surface area contributed by atoms with E-state index in [4.69, 9.17) is 9.72 Å². The number of aromatic nitrogens is 2. The predicted molar refractivity (Wildman–Crippen MR) is 115 cm³/mol. The Hall–Kier alpha value is -1.85. The number of rotatable bonds is 9. The van der Waals surface area contributed by atoms with Crippen molar-refractivity contribution in [1.82, 2.24) is 19.8 Å². The lowest BCUT2D eigenvalue weighted by Gasteiger charge is -2.34. The molecule has 1 aromatic carbocycles. The molecule has 1 aromatic heterocycles. The molecule has 1 N–H and O–H groups in total. The molecule has 1 fully saturated rings. The molecule has 2 heterocycles. The first-order valence-corrected chi connectivity index (χ1v) is 10.7. The molecule has 3 rings (SSSR count). The molecule has 0 radical (unpaired) electrons. The highest BCUT2D eigenvalue weighted by Gasteiger charge is 2.21. The summed E-state index contributed by atoms with van der Waals surface area (Å²) in [5, 5.41) is 0. The highest BCUT2D eigenvalue weighted by Crippen LogP contribution is 2.19. The summed E-state index contributed by atoms with van der Waals surface area (Å²) >= 11 is 0. The van der Waals surface area contributed by atoms with Gasteiger partial charge in [0.05, 0.1) is 12.8 Å². The molecule has 5 heteroatoms. The van der Waals surface area contributed by atoms with E-state index in [1.54, 1.807) is 7.11 Å². The molecular formula is C23H36N4O. The topological polar surface area (TPSA) is 44.4 Å². The Morgan fingerprint density at radius 3 is 2.75 bits per heavy atom. The normalized spacial score (nSPS) is 18.0. The summed E-state index contributed by atoms with van der Waals surface area (Å²) in [7, 11) is 3.95. The first kappa shape index (κ1) is 20.9. The monoisotopic (exact) mass is 384 g/mol. The molecule has 1 aliphatic rings. The van der Waals surface area contributed by atoms with Crippen LogP contribution in [0.3, 0.4) is 0 Å². The molecule has 0 spiro atoms. The average molecular weight is 385 g/mol. The van der Waals surface area contributed by atoms with Crippen LogP contribution >= 0.6 is 0 Å². The zero-order valence-corrected chi connectivity index (χ0v) is 18.0. The largest absolute Gasteiger partial charge is 0.497 e. The van der Waals surface area contributed by atoms with E-state index in [0.29, 0.717) is 0 Å². The van der Waals surface area contributed by atoms with E-state index >= 15 is 0 Å². The van der Waals surface area contributed by atoms with Crippen molar-refractivity contribution < 1.29 is 4.74 Å². The number of hydrogen-bond acceptors (Lipinski definition) is 4. The third-order valence-corrected chi connectivity index (χ3v) is 5.84. The maximum absolute atomic E-state index is 5.25. The molecule has 2 aromatic rings. The number of methoxy groups -OCH3 is 1. The minimum atomic E-state index is 0.750.